The number of rotatable bonds is 2. The van der Waals surface area contributed by atoms with Crippen LogP contribution in [0.15, 0.2) is 34.9 Å². The number of nitrogens with zero attached hydrogens (tertiary/aromatic N) is 3. The highest BCUT2D eigenvalue weighted by molar-refractivity contribution is 9.10. The molecule has 2 aromatic heterocycles. The van der Waals surface area contributed by atoms with E-state index >= 15 is 0 Å². The zero-order valence-electron chi connectivity index (χ0n) is 12.7. The maximum absolute atomic E-state index is 4.65. The molecule has 0 radical (unpaired) electrons. The molecule has 0 N–H and O–H groups in total. The van der Waals surface area contributed by atoms with Gasteiger partial charge in [0.25, 0.3) is 0 Å². The van der Waals surface area contributed by atoms with E-state index in [1.54, 1.807) is 0 Å². The first-order valence-corrected chi connectivity index (χ1v) is 7.89. The Morgan fingerprint density at radius 3 is 2.33 bits per heavy atom. The second-order valence-corrected chi connectivity index (χ2v) is 6.46. The third-order valence-corrected chi connectivity index (χ3v) is 4.97. The van der Waals surface area contributed by atoms with E-state index in [-0.39, 0.29) is 0 Å². The van der Waals surface area contributed by atoms with Crippen molar-refractivity contribution in [3.63, 3.8) is 0 Å². The van der Waals surface area contributed by atoms with Gasteiger partial charge in [0.05, 0.1) is 15.9 Å². The SMILES string of the molecule is Cc1nc2nc(-c3ccc(C(C)C)cc3)cn2c(C)c1Br. The van der Waals surface area contributed by atoms with E-state index in [0.29, 0.717) is 5.92 Å². The lowest BCUT2D eigenvalue weighted by molar-refractivity contribution is 0.867. The van der Waals surface area contributed by atoms with Crippen LogP contribution in [0.1, 0.15) is 36.7 Å². The summed E-state index contributed by atoms with van der Waals surface area (Å²) in [4.78, 5) is 9.18. The van der Waals surface area contributed by atoms with Crippen LogP contribution in [0.3, 0.4) is 0 Å². The maximum Gasteiger partial charge on any atom is 0.234 e. The lowest BCUT2D eigenvalue weighted by atomic mass is 10.0. The van der Waals surface area contributed by atoms with Crippen LogP contribution in [0.5, 0.6) is 0 Å². The van der Waals surface area contributed by atoms with Crippen LogP contribution in [-0.2, 0) is 0 Å². The van der Waals surface area contributed by atoms with Crippen LogP contribution in [0.2, 0.25) is 0 Å². The Morgan fingerprint density at radius 1 is 1.05 bits per heavy atom. The van der Waals surface area contributed by atoms with Gasteiger partial charge >= 0.3 is 0 Å². The molecular weight excluding hydrogens is 326 g/mol. The molecule has 0 aliphatic heterocycles. The van der Waals surface area contributed by atoms with E-state index in [1.807, 2.05) is 17.5 Å². The van der Waals surface area contributed by atoms with E-state index in [1.165, 1.54) is 5.56 Å². The monoisotopic (exact) mass is 343 g/mol. The molecule has 0 amide bonds. The first kappa shape index (κ1) is 14.3. The van der Waals surface area contributed by atoms with Crippen molar-refractivity contribution in [3.8, 4) is 11.3 Å². The largest absolute Gasteiger partial charge is 0.287 e. The van der Waals surface area contributed by atoms with Crippen LogP contribution >= 0.6 is 15.9 Å². The predicted molar refractivity (Wildman–Crippen MR) is 89.7 cm³/mol. The van der Waals surface area contributed by atoms with Crippen LogP contribution < -0.4 is 0 Å². The third kappa shape index (κ3) is 2.48. The van der Waals surface area contributed by atoms with Crippen molar-refractivity contribution in [1.82, 2.24) is 14.4 Å². The summed E-state index contributed by atoms with van der Waals surface area (Å²) < 4.78 is 3.07. The summed E-state index contributed by atoms with van der Waals surface area (Å²) in [6.45, 7) is 8.46. The Kier molecular flexibility index (Phi) is 3.57. The highest BCUT2D eigenvalue weighted by Crippen LogP contribution is 2.25. The lowest BCUT2D eigenvalue weighted by Crippen LogP contribution is -1.97. The summed E-state index contributed by atoms with van der Waals surface area (Å²) in [5.41, 5.74) is 5.51. The van der Waals surface area contributed by atoms with Gasteiger partial charge in [0.1, 0.15) is 0 Å². The van der Waals surface area contributed by atoms with Gasteiger partial charge in [0, 0.05) is 17.5 Å². The number of aromatic nitrogens is 3. The minimum Gasteiger partial charge on any atom is -0.287 e. The summed E-state index contributed by atoms with van der Waals surface area (Å²) in [6.07, 6.45) is 2.05. The van der Waals surface area contributed by atoms with Gasteiger partial charge in [-0.15, -0.1) is 0 Å². The Bertz CT molecular complexity index is 801. The molecule has 108 valence electrons. The first-order chi connectivity index (χ1) is 9.97. The van der Waals surface area contributed by atoms with Gasteiger partial charge in [-0.2, -0.15) is 0 Å². The van der Waals surface area contributed by atoms with Gasteiger partial charge < -0.3 is 0 Å². The van der Waals surface area contributed by atoms with Gasteiger partial charge in [-0.3, -0.25) is 4.40 Å². The van der Waals surface area contributed by atoms with Crippen molar-refractivity contribution in [1.29, 1.82) is 0 Å². The van der Waals surface area contributed by atoms with E-state index in [9.17, 15) is 0 Å². The fourth-order valence-corrected chi connectivity index (χ4v) is 2.72. The van der Waals surface area contributed by atoms with E-state index in [4.69, 9.17) is 0 Å². The molecule has 21 heavy (non-hydrogen) atoms. The van der Waals surface area contributed by atoms with Crippen molar-refractivity contribution in [2.75, 3.05) is 0 Å². The second kappa shape index (κ2) is 5.26. The minimum absolute atomic E-state index is 0.544. The number of imidazole rings is 1. The predicted octanol–water partition coefficient (Wildman–Crippen LogP) is 4.90. The molecule has 3 aromatic rings. The molecule has 3 nitrogen and oxygen atoms in total. The molecule has 0 spiro atoms. The number of hydrogen-bond donors (Lipinski definition) is 0. The van der Waals surface area contributed by atoms with Crippen LogP contribution in [0.25, 0.3) is 17.0 Å². The molecule has 4 heteroatoms. The minimum atomic E-state index is 0.544. The van der Waals surface area contributed by atoms with E-state index in [0.717, 1.165) is 32.9 Å². The smallest absolute Gasteiger partial charge is 0.234 e. The summed E-state index contributed by atoms with van der Waals surface area (Å²) in [5, 5.41) is 0. The molecule has 0 saturated heterocycles. The maximum atomic E-state index is 4.65. The number of halogens is 1. The molecule has 0 aliphatic rings. The summed E-state index contributed by atoms with van der Waals surface area (Å²) in [6, 6.07) is 8.61. The van der Waals surface area contributed by atoms with Crippen molar-refractivity contribution < 1.29 is 0 Å². The summed E-state index contributed by atoms with van der Waals surface area (Å²) in [7, 11) is 0. The standard InChI is InChI=1S/C17H18BrN3/c1-10(2)13-5-7-14(8-6-13)15-9-21-12(4)16(18)11(3)19-17(21)20-15/h5-10H,1-4H3. The Morgan fingerprint density at radius 2 is 1.71 bits per heavy atom. The van der Waals surface area contributed by atoms with Gasteiger partial charge in [-0.25, -0.2) is 9.97 Å². The molecule has 0 bridgehead atoms. The molecule has 0 atom stereocenters. The van der Waals surface area contributed by atoms with Crippen LogP contribution in [0.4, 0.5) is 0 Å². The van der Waals surface area contributed by atoms with E-state index in [2.05, 4.69) is 70.9 Å². The fraction of sp³-hybridized carbons (Fsp3) is 0.294. The Hall–Kier alpha value is -1.68. The highest BCUT2D eigenvalue weighted by atomic mass is 79.9. The molecule has 1 aromatic carbocycles. The normalized spacial score (nSPS) is 11.5. The van der Waals surface area contributed by atoms with Gasteiger partial charge in [-0.05, 0) is 41.3 Å². The first-order valence-electron chi connectivity index (χ1n) is 7.09. The lowest BCUT2D eigenvalue weighted by Gasteiger charge is -2.05. The molecule has 3 rings (SSSR count). The van der Waals surface area contributed by atoms with Gasteiger partial charge in [0.15, 0.2) is 0 Å². The van der Waals surface area contributed by atoms with E-state index < -0.39 is 0 Å². The number of hydrogen-bond acceptors (Lipinski definition) is 2. The topological polar surface area (TPSA) is 30.2 Å². The Balaban J connectivity index is 2.11. The molecule has 2 heterocycles. The van der Waals surface area contributed by atoms with Gasteiger partial charge in [-0.1, -0.05) is 38.1 Å². The average molecular weight is 344 g/mol. The Labute approximate surface area is 133 Å². The molecule has 0 aliphatic carbocycles. The second-order valence-electron chi connectivity index (χ2n) is 5.67. The molecule has 0 fully saturated rings. The van der Waals surface area contributed by atoms with Crippen molar-refractivity contribution in [3.05, 3.63) is 51.9 Å². The third-order valence-electron chi connectivity index (χ3n) is 3.82. The van der Waals surface area contributed by atoms with Crippen molar-refractivity contribution >= 4 is 21.7 Å². The summed E-state index contributed by atoms with van der Waals surface area (Å²) >= 11 is 3.58. The molecule has 0 unspecified atom stereocenters. The quantitative estimate of drug-likeness (QED) is 0.662. The van der Waals surface area contributed by atoms with Crippen LogP contribution in [-0.4, -0.2) is 14.4 Å². The fourth-order valence-electron chi connectivity index (χ4n) is 2.44. The summed E-state index contributed by atoms with van der Waals surface area (Å²) in [5.74, 6) is 1.29. The van der Waals surface area contributed by atoms with Gasteiger partial charge in [0.2, 0.25) is 5.78 Å². The molecule has 0 saturated carbocycles. The number of aryl methyl sites for hydroxylation is 2. The van der Waals surface area contributed by atoms with Crippen molar-refractivity contribution in [2.24, 2.45) is 0 Å². The zero-order valence-corrected chi connectivity index (χ0v) is 14.3. The van der Waals surface area contributed by atoms with Crippen LogP contribution in [0, 0.1) is 13.8 Å². The highest BCUT2D eigenvalue weighted by Gasteiger charge is 2.11. The molecular formula is C17H18BrN3. The average Bonchev–Trinajstić information content (AvgIpc) is 2.89. The van der Waals surface area contributed by atoms with Crippen molar-refractivity contribution in [2.45, 2.75) is 33.6 Å². The zero-order chi connectivity index (χ0) is 15.1. The number of benzene rings is 1. The number of fused-ring (bicyclic) bond motifs is 1.